The lowest BCUT2D eigenvalue weighted by Crippen LogP contribution is -2.28. The molecule has 0 atom stereocenters. The van der Waals surface area contributed by atoms with Crippen LogP contribution >= 0.6 is 11.3 Å². The standard InChI is InChI=1S/C13H14F3N3S/c1-12(2,11-18-5-6-20-11)19-10-4-3-8(7-9(10)17)13(14,15)16/h3-7,19H,17H2,1-2H3. The SMILES string of the molecule is CC(C)(Nc1ccc(C(F)(F)F)cc1N)c1nccs1. The number of alkyl halides is 3. The number of nitrogens with zero attached hydrogens (tertiary/aromatic N) is 1. The molecule has 0 saturated carbocycles. The van der Waals surface area contributed by atoms with Gasteiger partial charge in [0.25, 0.3) is 0 Å². The Hall–Kier alpha value is -1.76. The minimum absolute atomic E-state index is 0.0597. The summed E-state index contributed by atoms with van der Waals surface area (Å²) < 4.78 is 37.7. The molecule has 108 valence electrons. The second-order valence-corrected chi connectivity index (χ2v) is 5.78. The quantitative estimate of drug-likeness (QED) is 0.839. The first-order valence-corrected chi connectivity index (χ1v) is 6.73. The summed E-state index contributed by atoms with van der Waals surface area (Å²) in [6.45, 7) is 3.78. The number of benzene rings is 1. The fourth-order valence-corrected chi connectivity index (χ4v) is 2.49. The Morgan fingerprint density at radius 2 is 1.95 bits per heavy atom. The molecule has 3 N–H and O–H groups in total. The van der Waals surface area contributed by atoms with Crippen molar-refractivity contribution >= 4 is 22.7 Å². The van der Waals surface area contributed by atoms with Gasteiger partial charge in [0.15, 0.2) is 0 Å². The van der Waals surface area contributed by atoms with Crippen LogP contribution in [0.5, 0.6) is 0 Å². The Bertz CT molecular complexity index is 591. The third-order valence-corrected chi connectivity index (χ3v) is 3.89. The summed E-state index contributed by atoms with van der Waals surface area (Å²) in [7, 11) is 0. The molecule has 7 heteroatoms. The molecule has 3 nitrogen and oxygen atoms in total. The maximum absolute atomic E-state index is 12.6. The monoisotopic (exact) mass is 301 g/mol. The van der Waals surface area contributed by atoms with Crippen LogP contribution < -0.4 is 11.1 Å². The molecule has 1 aromatic heterocycles. The van der Waals surface area contributed by atoms with Crippen LogP contribution in [0.1, 0.15) is 24.4 Å². The molecule has 0 unspecified atom stereocenters. The minimum Gasteiger partial charge on any atom is -0.397 e. The van der Waals surface area contributed by atoms with Crippen molar-refractivity contribution in [2.75, 3.05) is 11.1 Å². The molecule has 0 saturated heterocycles. The number of nitrogen functional groups attached to an aromatic ring is 1. The van der Waals surface area contributed by atoms with Crippen LogP contribution in [0.3, 0.4) is 0 Å². The van der Waals surface area contributed by atoms with Gasteiger partial charge in [-0.1, -0.05) is 0 Å². The van der Waals surface area contributed by atoms with E-state index in [-0.39, 0.29) is 5.69 Å². The molecule has 0 fully saturated rings. The van der Waals surface area contributed by atoms with Crippen LogP contribution in [0.15, 0.2) is 29.8 Å². The summed E-state index contributed by atoms with van der Waals surface area (Å²) in [5.74, 6) is 0. The van der Waals surface area contributed by atoms with Crippen molar-refractivity contribution in [2.24, 2.45) is 0 Å². The first kappa shape index (κ1) is 14.6. The number of hydrogen-bond donors (Lipinski definition) is 2. The van der Waals surface area contributed by atoms with Crippen molar-refractivity contribution in [2.45, 2.75) is 25.6 Å². The number of nitrogens with one attached hydrogen (secondary N) is 1. The second kappa shape index (κ2) is 4.97. The van der Waals surface area contributed by atoms with Gasteiger partial charge in [0.2, 0.25) is 0 Å². The highest BCUT2D eigenvalue weighted by Gasteiger charge is 2.31. The van der Waals surface area contributed by atoms with Gasteiger partial charge in [-0.05, 0) is 32.0 Å². The summed E-state index contributed by atoms with van der Waals surface area (Å²) in [4.78, 5) is 4.21. The number of halogens is 3. The van der Waals surface area contributed by atoms with E-state index in [1.807, 2.05) is 19.2 Å². The van der Waals surface area contributed by atoms with Crippen molar-refractivity contribution in [1.82, 2.24) is 4.98 Å². The average molecular weight is 301 g/mol. The predicted octanol–water partition coefficient (Wildman–Crippen LogP) is 4.09. The predicted molar refractivity (Wildman–Crippen MR) is 74.6 cm³/mol. The van der Waals surface area contributed by atoms with Crippen molar-refractivity contribution in [3.8, 4) is 0 Å². The lowest BCUT2D eigenvalue weighted by Gasteiger charge is -2.26. The van der Waals surface area contributed by atoms with Crippen LogP contribution in [-0.4, -0.2) is 4.98 Å². The van der Waals surface area contributed by atoms with Gasteiger partial charge < -0.3 is 11.1 Å². The van der Waals surface area contributed by atoms with E-state index in [0.717, 1.165) is 17.1 Å². The lowest BCUT2D eigenvalue weighted by atomic mass is 10.0. The maximum Gasteiger partial charge on any atom is 0.416 e. The number of thiazole rings is 1. The highest BCUT2D eigenvalue weighted by Crippen LogP contribution is 2.35. The number of aromatic nitrogens is 1. The molecule has 1 heterocycles. The van der Waals surface area contributed by atoms with Gasteiger partial charge in [-0.15, -0.1) is 11.3 Å². The molecule has 0 aliphatic heterocycles. The van der Waals surface area contributed by atoms with Gasteiger partial charge in [-0.25, -0.2) is 4.98 Å². The van der Waals surface area contributed by atoms with E-state index in [0.29, 0.717) is 5.69 Å². The van der Waals surface area contributed by atoms with Gasteiger partial charge in [0.05, 0.1) is 22.5 Å². The van der Waals surface area contributed by atoms with E-state index in [9.17, 15) is 13.2 Å². The Balaban J connectivity index is 2.27. The van der Waals surface area contributed by atoms with Gasteiger partial charge >= 0.3 is 6.18 Å². The molecule has 2 aromatic rings. The van der Waals surface area contributed by atoms with Gasteiger partial charge in [-0.2, -0.15) is 13.2 Å². The van der Waals surface area contributed by atoms with Crippen molar-refractivity contribution in [3.05, 3.63) is 40.3 Å². The van der Waals surface area contributed by atoms with E-state index >= 15 is 0 Å². The number of nitrogens with two attached hydrogens (primary N) is 1. The van der Waals surface area contributed by atoms with Gasteiger partial charge in [0.1, 0.15) is 5.01 Å². The number of rotatable bonds is 3. The number of anilines is 2. The van der Waals surface area contributed by atoms with E-state index in [4.69, 9.17) is 5.73 Å². The van der Waals surface area contributed by atoms with Crippen molar-refractivity contribution in [1.29, 1.82) is 0 Å². The Morgan fingerprint density at radius 1 is 1.25 bits per heavy atom. The van der Waals surface area contributed by atoms with Gasteiger partial charge in [-0.3, -0.25) is 0 Å². The molecule has 1 aromatic carbocycles. The smallest absolute Gasteiger partial charge is 0.397 e. The van der Waals surface area contributed by atoms with Crippen LogP contribution in [0.25, 0.3) is 0 Å². The third kappa shape index (κ3) is 3.04. The van der Waals surface area contributed by atoms with Crippen LogP contribution in [-0.2, 0) is 11.7 Å². The molecule has 0 spiro atoms. The van der Waals surface area contributed by atoms with E-state index in [1.54, 1.807) is 6.20 Å². The molecule has 0 aliphatic carbocycles. The Kier molecular flexibility index (Phi) is 3.64. The minimum atomic E-state index is -4.39. The van der Waals surface area contributed by atoms with Gasteiger partial charge in [0, 0.05) is 11.6 Å². The summed E-state index contributed by atoms with van der Waals surface area (Å²) >= 11 is 1.47. The third-order valence-electron chi connectivity index (χ3n) is 2.79. The summed E-state index contributed by atoms with van der Waals surface area (Å²) in [5.41, 5.74) is 4.95. The van der Waals surface area contributed by atoms with Crippen LogP contribution in [0, 0.1) is 0 Å². The lowest BCUT2D eigenvalue weighted by molar-refractivity contribution is -0.137. The zero-order chi connectivity index (χ0) is 15.0. The Labute approximate surface area is 118 Å². The average Bonchev–Trinajstić information content (AvgIpc) is 2.84. The van der Waals surface area contributed by atoms with E-state index in [2.05, 4.69) is 10.3 Å². The van der Waals surface area contributed by atoms with Crippen molar-refractivity contribution < 1.29 is 13.2 Å². The fourth-order valence-electron chi connectivity index (χ4n) is 1.78. The molecule has 0 aliphatic rings. The normalized spacial score (nSPS) is 12.4. The van der Waals surface area contributed by atoms with E-state index in [1.165, 1.54) is 17.4 Å². The first-order valence-electron chi connectivity index (χ1n) is 5.85. The molecule has 0 bridgehead atoms. The van der Waals surface area contributed by atoms with E-state index < -0.39 is 17.3 Å². The van der Waals surface area contributed by atoms with Crippen molar-refractivity contribution in [3.63, 3.8) is 0 Å². The Morgan fingerprint density at radius 3 is 2.45 bits per heavy atom. The molecule has 0 amide bonds. The van der Waals surface area contributed by atoms with Crippen LogP contribution in [0.4, 0.5) is 24.5 Å². The first-order chi connectivity index (χ1) is 9.20. The fraction of sp³-hybridized carbons (Fsp3) is 0.308. The highest BCUT2D eigenvalue weighted by atomic mass is 32.1. The zero-order valence-corrected chi connectivity index (χ0v) is 11.8. The topological polar surface area (TPSA) is 50.9 Å². The maximum atomic E-state index is 12.6. The zero-order valence-electron chi connectivity index (χ0n) is 11.0. The summed E-state index contributed by atoms with van der Waals surface area (Å²) in [5, 5.41) is 5.80. The van der Waals surface area contributed by atoms with Crippen LogP contribution in [0.2, 0.25) is 0 Å². The number of hydrogen-bond acceptors (Lipinski definition) is 4. The largest absolute Gasteiger partial charge is 0.416 e. The highest BCUT2D eigenvalue weighted by molar-refractivity contribution is 7.09. The molecule has 2 rings (SSSR count). The summed E-state index contributed by atoms with van der Waals surface area (Å²) in [6.07, 6.45) is -2.71. The second-order valence-electron chi connectivity index (χ2n) is 4.89. The summed E-state index contributed by atoms with van der Waals surface area (Å²) in [6, 6.07) is 3.28. The molecule has 0 radical (unpaired) electrons. The molecular weight excluding hydrogens is 287 g/mol. The molecular formula is C13H14F3N3S. The molecule has 20 heavy (non-hydrogen) atoms.